The number of amides is 1. The third-order valence-electron chi connectivity index (χ3n) is 4.45. The summed E-state index contributed by atoms with van der Waals surface area (Å²) in [5.41, 5.74) is 3.65. The lowest BCUT2D eigenvalue weighted by molar-refractivity contribution is -0.121. The first kappa shape index (κ1) is 19.5. The smallest absolute Gasteiger partial charge is 0.220 e. The molecule has 1 N–H and O–H groups in total. The first-order valence-corrected chi connectivity index (χ1v) is 9.17. The molecule has 0 aliphatic heterocycles. The Balaban J connectivity index is 1.46. The quantitative estimate of drug-likeness (QED) is 0.645. The Kier molecular flexibility index (Phi) is 6.31. The topological polar surface area (TPSA) is 94.8 Å². The number of benzene rings is 1. The van der Waals surface area contributed by atoms with Crippen molar-refractivity contribution in [2.45, 2.75) is 39.8 Å². The van der Waals surface area contributed by atoms with Crippen molar-refractivity contribution in [3.05, 3.63) is 53.3 Å². The average molecular weight is 380 g/mol. The molecule has 28 heavy (non-hydrogen) atoms. The minimum Gasteiger partial charge on any atom is -0.496 e. The number of rotatable bonds is 8. The van der Waals surface area contributed by atoms with E-state index in [2.05, 4.69) is 25.7 Å². The zero-order chi connectivity index (χ0) is 19.9. The van der Waals surface area contributed by atoms with Gasteiger partial charge in [-0.3, -0.25) is 9.78 Å². The summed E-state index contributed by atoms with van der Waals surface area (Å²) in [6.07, 6.45) is 2.76. The van der Waals surface area contributed by atoms with Crippen molar-refractivity contribution in [1.82, 2.24) is 30.5 Å². The van der Waals surface area contributed by atoms with Crippen LogP contribution in [0.3, 0.4) is 0 Å². The third kappa shape index (κ3) is 4.70. The van der Waals surface area contributed by atoms with Crippen molar-refractivity contribution in [2.24, 2.45) is 0 Å². The number of nitrogens with zero attached hydrogens (tertiary/aromatic N) is 5. The van der Waals surface area contributed by atoms with Crippen LogP contribution < -0.4 is 10.1 Å². The Morgan fingerprint density at radius 3 is 2.75 bits per heavy atom. The van der Waals surface area contributed by atoms with E-state index in [-0.39, 0.29) is 5.91 Å². The molecule has 0 saturated carbocycles. The van der Waals surface area contributed by atoms with Crippen molar-refractivity contribution in [1.29, 1.82) is 0 Å². The zero-order valence-corrected chi connectivity index (χ0v) is 16.3. The van der Waals surface area contributed by atoms with E-state index in [0.29, 0.717) is 31.8 Å². The highest BCUT2D eigenvalue weighted by Gasteiger charge is 2.11. The first-order chi connectivity index (χ1) is 13.6. The van der Waals surface area contributed by atoms with Crippen LogP contribution >= 0.6 is 0 Å². The second kappa shape index (κ2) is 9.07. The maximum Gasteiger partial charge on any atom is 0.220 e. The molecule has 0 aliphatic rings. The number of hydrogen-bond donors (Lipinski definition) is 1. The number of nitrogens with one attached hydrogen (secondary N) is 1. The summed E-state index contributed by atoms with van der Waals surface area (Å²) >= 11 is 0. The summed E-state index contributed by atoms with van der Waals surface area (Å²) in [4.78, 5) is 18.0. The lowest BCUT2D eigenvalue weighted by Crippen LogP contribution is -2.24. The standard InChI is InChI=1S/C20H24N6O2/c1-14-12-21-17(15(2)19(14)28-3)13-22-18(27)10-7-11-26-24-20(23-25-26)16-8-5-4-6-9-16/h4-6,8-9,12H,7,10-11,13H2,1-3H3,(H,22,27). The molecule has 8 nitrogen and oxygen atoms in total. The number of hydrogen-bond acceptors (Lipinski definition) is 6. The van der Waals surface area contributed by atoms with E-state index in [1.165, 1.54) is 4.80 Å². The maximum atomic E-state index is 12.1. The largest absolute Gasteiger partial charge is 0.496 e. The minimum absolute atomic E-state index is 0.0378. The molecule has 0 saturated heterocycles. The molecule has 146 valence electrons. The summed E-state index contributed by atoms with van der Waals surface area (Å²) < 4.78 is 5.40. The predicted molar refractivity (Wildman–Crippen MR) is 105 cm³/mol. The molecule has 1 aromatic carbocycles. The Morgan fingerprint density at radius 1 is 1.21 bits per heavy atom. The van der Waals surface area contributed by atoms with E-state index >= 15 is 0 Å². The van der Waals surface area contributed by atoms with E-state index in [9.17, 15) is 4.79 Å². The molecule has 2 aromatic heterocycles. The van der Waals surface area contributed by atoms with Crippen LogP contribution in [0.1, 0.15) is 29.7 Å². The van der Waals surface area contributed by atoms with Gasteiger partial charge < -0.3 is 10.1 Å². The lowest BCUT2D eigenvalue weighted by Gasteiger charge is -2.12. The number of ether oxygens (including phenoxy) is 1. The highest BCUT2D eigenvalue weighted by Crippen LogP contribution is 2.23. The number of aryl methyl sites for hydroxylation is 2. The van der Waals surface area contributed by atoms with Crippen LogP contribution in [-0.2, 0) is 17.9 Å². The van der Waals surface area contributed by atoms with Crippen LogP contribution in [0, 0.1) is 13.8 Å². The van der Waals surface area contributed by atoms with E-state index in [1.807, 2.05) is 44.2 Å². The van der Waals surface area contributed by atoms with Crippen LogP contribution in [0.5, 0.6) is 5.75 Å². The number of aromatic nitrogens is 5. The molecular formula is C20H24N6O2. The molecule has 0 bridgehead atoms. The first-order valence-electron chi connectivity index (χ1n) is 9.17. The summed E-state index contributed by atoms with van der Waals surface area (Å²) in [6.45, 7) is 4.80. The number of carbonyl (C=O) groups is 1. The Morgan fingerprint density at radius 2 is 2.00 bits per heavy atom. The van der Waals surface area contributed by atoms with Gasteiger partial charge in [-0.15, -0.1) is 10.2 Å². The van der Waals surface area contributed by atoms with E-state index in [0.717, 1.165) is 28.1 Å². The highest BCUT2D eigenvalue weighted by molar-refractivity contribution is 5.75. The van der Waals surface area contributed by atoms with Gasteiger partial charge in [-0.2, -0.15) is 4.80 Å². The van der Waals surface area contributed by atoms with Crippen molar-refractivity contribution >= 4 is 5.91 Å². The van der Waals surface area contributed by atoms with Crippen LogP contribution in [0.4, 0.5) is 0 Å². The van der Waals surface area contributed by atoms with Gasteiger partial charge in [0, 0.05) is 29.3 Å². The van der Waals surface area contributed by atoms with Crippen LogP contribution in [-0.4, -0.2) is 38.2 Å². The molecule has 2 heterocycles. The van der Waals surface area contributed by atoms with Gasteiger partial charge >= 0.3 is 0 Å². The predicted octanol–water partition coefficient (Wildman–Crippen LogP) is 2.46. The van der Waals surface area contributed by atoms with Gasteiger partial charge in [0.15, 0.2) is 0 Å². The molecule has 8 heteroatoms. The van der Waals surface area contributed by atoms with Gasteiger partial charge in [0.05, 0.1) is 25.9 Å². The molecule has 3 aromatic rings. The maximum absolute atomic E-state index is 12.1. The summed E-state index contributed by atoms with van der Waals surface area (Å²) in [6, 6.07) is 9.67. The van der Waals surface area contributed by atoms with Crippen molar-refractivity contribution in [3.8, 4) is 17.1 Å². The number of tetrazole rings is 1. The number of carbonyl (C=O) groups excluding carboxylic acids is 1. The molecule has 0 fully saturated rings. The van der Waals surface area contributed by atoms with E-state index in [4.69, 9.17) is 4.74 Å². The minimum atomic E-state index is -0.0378. The molecule has 0 spiro atoms. The van der Waals surface area contributed by atoms with Gasteiger partial charge in [0.25, 0.3) is 0 Å². The lowest BCUT2D eigenvalue weighted by atomic mass is 10.1. The SMILES string of the molecule is COc1c(C)cnc(CNC(=O)CCCn2nnc(-c3ccccc3)n2)c1C. The Hall–Kier alpha value is -3.29. The van der Waals surface area contributed by atoms with Crippen molar-refractivity contribution in [2.75, 3.05) is 7.11 Å². The normalized spacial score (nSPS) is 10.7. The van der Waals surface area contributed by atoms with Crippen LogP contribution in [0.25, 0.3) is 11.4 Å². The number of pyridine rings is 1. The Bertz CT molecular complexity index is 939. The fourth-order valence-corrected chi connectivity index (χ4v) is 2.94. The van der Waals surface area contributed by atoms with Crippen molar-refractivity contribution in [3.63, 3.8) is 0 Å². The monoisotopic (exact) mass is 380 g/mol. The molecule has 0 atom stereocenters. The van der Waals surface area contributed by atoms with Gasteiger partial charge in [-0.25, -0.2) is 0 Å². The van der Waals surface area contributed by atoms with Gasteiger partial charge in [0.1, 0.15) is 5.75 Å². The average Bonchev–Trinajstić information content (AvgIpc) is 3.17. The highest BCUT2D eigenvalue weighted by atomic mass is 16.5. The second-order valence-electron chi connectivity index (χ2n) is 6.50. The molecule has 3 rings (SSSR count). The van der Waals surface area contributed by atoms with Crippen LogP contribution in [0.2, 0.25) is 0 Å². The second-order valence-corrected chi connectivity index (χ2v) is 6.50. The summed E-state index contributed by atoms with van der Waals surface area (Å²) in [5, 5.41) is 15.4. The van der Waals surface area contributed by atoms with Gasteiger partial charge in [0.2, 0.25) is 11.7 Å². The fourth-order valence-electron chi connectivity index (χ4n) is 2.94. The van der Waals surface area contributed by atoms with E-state index in [1.54, 1.807) is 13.3 Å². The third-order valence-corrected chi connectivity index (χ3v) is 4.45. The van der Waals surface area contributed by atoms with Gasteiger partial charge in [-0.1, -0.05) is 30.3 Å². The molecule has 1 amide bonds. The van der Waals surface area contributed by atoms with E-state index < -0.39 is 0 Å². The van der Waals surface area contributed by atoms with Gasteiger partial charge in [-0.05, 0) is 25.5 Å². The summed E-state index contributed by atoms with van der Waals surface area (Å²) in [7, 11) is 1.64. The molecule has 0 radical (unpaired) electrons. The van der Waals surface area contributed by atoms with Crippen LogP contribution in [0.15, 0.2) is 36.5 Å². The van der Waals surface area contributed by atoms with Crippen molar-refractivity contribution < 1.29 is 9.53 Å². The fraction of sp³-hybridized carbons (Fsp3) is 0.350. The Labute approximate surface area is 163 Å². The zero-order valence-electron chi connectivity index (χ0n) is 16.3. The number of methoxy groups -OCH3 is 1. The molecule has 0 aliphatic carbocycles. The summed E-state index contributed by atoms with van der Waals surface area (Å²) in [5.74, 6) is 1.36. The molecular weight excluding hydrogens is 356 g/mol. The molecule has 0 unspecified atom stereocenters.